The predicted octanol–water partition coefficient (Wildman–Crippen LogP) is 8.23. The number of hydrogen-bond donors (Lipinski definition) is 1. The average molecular weight is 397 g/mol. The van der Waals surface area contributed by atoms with Gasteiger partial charge in [-0.1, -0.05) is 52.8 Å². The molecule has 0 fully saturated rings. The highest BCUT2D eigenvalue weighted by Gasteiger charge is 2.20. The molecule has 3 heteroatoms. The molecule has 1 N–H and O–H groups in total. The fourth-order valence-corrected chi connectivity index (χ4v) is 4.79. The molecule has 160 valence electrons. The van der Waals surface area contributed by atoms with Crippen molar-refractivity contribution in [1.82, 2.24) is 0 Å². The molecule has 1 aliphatic heterocycles. The fraction of sp³-hybridized carbons (Fsp3) is 0.615. The van der Waals surface area contributed by atoms with E-state index in [9.17, 15) is 5.11 Å². The normalized spacial score (nSPS) is 35.2. The summed E-state index contributed by atoms with van der Waals surface area (Å²) < 4.78 is 0. The van der Waals surface area contributed by atoms with Crippen LogP contribution in [0, 0.1) is 29.6 Å². The minimum atomic E-state index is 0.261. The minimum absolute atomic E-state index is 0.261. The van der Waals surface area contributed by atoms with E-state index in [4.69, 9.17) is 0 Å². The van der Waals surface area contributed by atoms with Crippen LogP contribution in [0.2, 0.25) is 0 Å². The highest BCUT2D eigenvalue weighted by atomic mass is 16.3. The molecule has 0 amide bonds. The lowest BCUT2D eigenvalue weighted by Gasteiger charge is -2.27. The number of para-hydroxylation sites is 1. The standard InChI is InChI=1S/C26H40N2O/c1-18-10-9-13-27-28-26(24-11-7-8-12-25(24)29)23(6)17-20(3)14-19(2)16-22(5)21(4)15-18/h7-9,11-13,18-22,29H,10,14-17H2,1-6H3/b13-9+,26-23+,28-27-. The predicted molar refractivity (Wildman–Crippen MR) is 124 cm³/mol. The van der Waals surface area contributed by atoms with Gasteiger partial charge in [-0.3, -0.25) is 0 Å². The van der Waals surface area contributed by atoms with E-state index < -0.39 is 0 Å². The smallest absolute Gasteiger partial charge is 0.125 e. The van der Waals surface area contributed by atoms with Crippen molar-refractivity contribution in [3.63, 3.8) is 0 Å². The number of rotatable bonds is 1. The zero-order chi connectivity index (χ0) is 21.4. The Balaban J connectivity index is 2.33. The molecule has 0 saturated carbocycles. The Bertz CT molecular complexity index is 734. The molecule has 29 heavy (non-hydrogen) atoms. The first-order valence-corrected chi connectivity index (χ1v) is 11.3. The van der Waals surface area contributed by atoms with Gasteiger partial charge in [-0.15, -0.1) is 0 Å². The summed E-state index contributed by atoms with van der Waals surface area (Å²) in [5.74, 6) is 3.71. The molecular formula is C26H40N2O. The summed E-state index contributed by atoms with van der Waals surface area (Å²) in [6.45, 7) is 14.0. The van der Waals surface area contributed by atoms with E-state index in [1.54, 1.807) is 6.07 Å². The lowest BCUT2D eigenvalue weighted by atomic mass is 9.79. The van der Waals surface area contributed by atoms with Gasteiger partial charge < -0.3 is 5.11 Å². The van der Waals surface area contributed by atoms with Crippen LogP contribution in [-0.2, 0) is 0 Å². The first-order valence-electron chi connectivity index (χ1n) is 11.3. The monoisotopic (exact) mass is 396 g/mol. The van der Waals surface area contributed by atoms with Crippen LogP contribution in [-0.4, -0.2) is 5.11 Å². The quantitative estimate of drug-likeness (QED) is 0.510. The Labute approximate surface area is 178 Å². The number of hydrogen-bond acceptors (Lipinski definition) is 3. The second-order valence-electron chi connectivity index (χ2n) is 9.66. The molecule has 0 aliphatic carbocycles. The molecule has 0 saturated heterocycles. The molecular weight excluding hydrogens is 356 g/mol. The molecule has 0 radical (unpaired) electrons. The SMILES string of the molecule is C\C1=C(c2ccccc2O)/N=N\C=C\CC(C)CC(C)C(C)CC(C)CC(C)C1. The molecule has 5 unspecified atom stereocenters. The number of benzene rings is 1. The Hall–Kier alpha value is -1.90. The van der Waals surface area contributed by atoms with Crippen LogP contribution >= 0.6 is 0 Å². The van der Waals surface area contributed by atoms with E-state index in [0.29, 0.717) is 17.8 Å². The van der Waals surface area contributed by atoms with Crippen LogP contribution < -0.4 is 0 Å². The molecule has 0 spiro atoms. The highest BCUT2D eigenvalue weighted by Crippen LogP contribution is 2.34. The maximum atomic E-state index is 10.4. The third-order valence-electron chi connectivity index (χ3n) is 6.41. The second kappa shape index (κ2) is 11.3. The number of phenols is 1. The lowest BCUT2D eigenvalue weighted by molar-refractivity contribution is 0.252. The largest absolute Gasteiger partial charge is 0.507 e. The highest BCUT2D eigenvalue weighted by molar-refractivity contribution is 5.71. The Morgan fingerprint density at radius 1 is 0.862 bits per heavy atom. The van der Waals surface area contributed by atoms with Crippen molar-refractivity contribution in [1.29, 1.82) is 0 Å². The van der Waals surface area contributed by atoms with E-state index in [2.05, 4.69) is 57.8 Å². The van der Waals surface area contributed by atoms with Crippen molar-refractivity contribution in [3.8, 4) is 5.75 Å². The molecule has 1 heterocycles. The van der Waals surface area contributed by atoms with Crippen molar-refractivity contribution in [2.24, 2.45) is 39.8 Å². The van der Waals surface area contributed by atoms with Gasteiger partial charge in [-0.25, -0.2) is 0 Å². The van der Waals surface area contributed by atoms with Crippen molar-refractivity contribution >= 4 is 5.70 Å². The molecule has 2 rings (SSSR count). The van der Waals surface area contributed by atoms with Crippen LogP contribution in [0.4, 0.5) is 0 Å². The summed E-state index contributed by atoms with van der Waals surface area (Å²) in [5.41, 5.74) is 2.75. The molecule has 1 aromatic rings. The molecule has 0 aromatic heterocycles. The average Bonchev–Trinajstić information content (AvgIpc) is 2.64. The summed E-state index contributed by atoms with van der Waals surface area (Å²) in [7, 11) is 0. The molecule has 1 aromatic carbocycles. The third kappa shape index (κ3) is 7.45. The van der Waals surface area contributed by atoms with E-state index in [0.717, 1.165) is 35.9 Å². The summed E-state index contributed by atoms with van der Waals surface area (Å²) in [4.78, 5) is 0. The van der Waals surface area contributed by atoms with Crippen LogP contribution in [0.25, 0.3) is 5.70 Å². The van der Waals surface area contributed by atoms with Crippen molar-refractivity contribution < 1.29 is 5.11 Å². The van der Waals surface area contributed by atoms with Gasteiger partial charge in [0, 0.05) is 11.8 Å². The first kappa shape index (κ1) is 23.4. The van der Waals surface area contributed by atoms with Gasteiger partial charge in [0.2, 0.25) is 0 Å². The van der Waals surface area contributed by atoms with Gasteiger partial charge in [-0.05, 0) is 86.3 Å². The Morgan fingerprint density at radius 2 is 1.52 bits per heavy atom. The van der Waals surface area contributed by atoms with Gasteiger partial charge in [-0.2, -0.15) is 10.2 Å². The number of nitrogens with zero attached hydrogens (tertiary/aromatic N) is 2. The van der Waals surface area contributed by atoms with Crippen LogP contribution in [0.3, 0.4) is 0 Å². The van der Waals surface area contributed by atoms with E-state index in [-0.39, 0.29) is 5.75 Å². The van der Waals surface area contributed by atoms with Crippen molar-refractivity contribution in [2.75, 3.05) is 0 Å². The molecule has 5 atom stereocenters. The van der Waals surface area contributed by atoms with Gasteiger partial charge in [0.1, 0.15) is 5.75 Å². The lowest BCUT2D eigenvalue weighted by Crippen LogP contribution is -2.16. The topological polar surface area (TPSA) is 45.0 Å². The maximum absolute atomic E-state index is 10.4. The summed E-state index contributed by atoms with van der Waals surface area (Å²) in [5, 5.41) is 19.2. The molecule has 1 aliphatic rings. The summed E-state index contributed by atoms with van der Waals surface area (Å²) in [6, 6.07) is 7.42. The minimum Gasteiger partial charge on any atom is -0.507 e. The Kier molecular flexibility index (Phi) is 9.13. The number of phenolic OH excluding ortho intramolecular Hbond substituents is 1. The first-order chi connectivity index (χ1) is 13.8. The third-order valence-corrected chi connectivity index (χ3v) is 6.41. The maximum Gasteiger partial charge on any atom is 0.125 e. The summed E-state index contributed by atoms with van der Waals surface area (Å²) >= 11 is 0. The van der Waals surface area contributed by atoms with Crippen LogP contribution in [0.5, 0.6) is 5.75 Å². The van der Waals surface area contributed by atoms with Crippen LogP contribution in [0.15, 0.2) is 52.3 Å². The zero-order valence-corrected chi connectivity index (χ0v) is 19.2. The summed E-state index contributed by atoms with van der Waals surface area (Å²) in [6.07, 6.45) is 9.70. The number of azo groups is 1. The molecule has 0 bridgehead atoms. The van der Waals surface area contributed by atoms with Crippen LogP contribution in [0.1, 0.15) is 79.2 Å². The number of allylic oxidation sites excluding steroid dienone is 2. The fourth-order valence-electron chi connectivity index (χ4n) is 4.79. The van der Waals surface area contributed by atoms with E-state index in [1.807, 2.05) is 24.4 Å². The second-order valence-corrected chi connectivity index (χ2v) is 9.66. The van der Waals surface area contributed by atoms with Crippen molar-refractivity contribution in [2.45, 2.75) is 73.6 Å². The van der Waals surface area contributed by atoms with Gasteiger partial charge >= 0.3 is 0 Å². The van der Waals surface area contributed by atoms with E-state index in [1.165, 1.54) is 24.8 Å². The van der Waals surface area contributed by atoms with E-state index >= 15 is 0 Å². The van der Waals surface area contributed by atoms with Gasteiger partial charge in [0.05, 0.1) is 5.70 Å². The molecule has 3 nitrogen and oxygen atoms in total. The zero-order valence-electron chi connectivity index (χ0n) is 19.2. The van der Waals surface area contributed by atoms with Gasteiger partial charge in [0.15, 0.2) is 0 Å². The number of aromatic hydroxyl groups is 1. The van der Waals surface area contributed by atoms with Gasteiger partial charge in [0.25, 0.3) is 0 Å². The Morgan fingerprint density at radius 3 is 2.21 bits per heavy atom. The van der Waals surface area contributed by atoms with Crippen molar-refractivity contribution in [3.05, 3.63) is 47.7 Å².